The van der Waals surface area contributed by atoms with Crippen LogP contribution in [0, 0.1) is 0 Å². The first-order chi connectivity index (χ1) is 15.5. The number of hydrogen-bond acceptors (Lipinski definition) is 6. The van der Waals surface area contributed by atoms with Crippen molar-refractivity contribution in [1.82, 2.24) is 0 Å². The zero-order chi connectivity index (χ0) is 22.9. The highest BCUT2D eigenvalue weighted by molar-refractivity contribution is 5.85. The van der Waals surface area contributed by atoms with Crippen molar-refractivity contribution in [2.24, 2.45) is 0 Å². The summed E-state index contributed by atoms with van der Waals surface area (Å²) < 4.78 is 15.7. The van der Waals surface area contributed by atoms with E-state index in [-0.39, 0.29) is 0 Å². The molecule has 0 saturated carbocycles. The SMILES string of the molecule is C=CC(=O)Oc1ccc(N(c2ccc(OC)cc2)c2ccc(OC(=O)/C=C/C)cc2)cc1. The van der Waals surface area contributed by atoms with Gasteiger partial charge in [-0.05, 0) is 79.7 Å². The van der Waals surface area contributed by atoms with Gasteiger partial charge in [0.25, 0.3) is 0 Å². The van der Waals surface area contributed by atoms with E-state index in [1.54, 1.807) is 44.4 Å². The maximum atomic E-state index is 11.7. The Morgan fingerprint density at radius 2 is 1.12 bits per heavy atom. The van der Waals surface area contributed by atoms with Gasteiger partial charge in [-0.3, -0.25) is 0 Å². The minimum Gasteiger partial charge on any atom is -0.497 e. The molecule has 3 rings (SSSR count). The minimum absolute atomic E-state index is 0.416. The number of allylic oxidation sites excluding steroid dienone is 1. The molecule has 0 unspecified atom stereocenters. The molecule has 0 aromatic heterocycles. The summed E-state index contributed by atoms with van der Waals surface area (Å²) in [4.78, 5) is 25.2. The molecule has 32 heavy (non-hydrogen) atoms. The van der Waals surface area contributed by atoms with E-state index in [2.05, 4.69) is 6.58 Å². The van der Waals surface area contributed by atoms with E-state index in [1.165, 1.54) is 6.08 Å². The van der Waals surface area contributed by atoms with Gasteiger partial charge in [0.1, 0.15) is 17.2 Å². The van der Waals surface area contributed by atoms with Crippen LogP contribution < -0.4 is 19.1 Å². The Bertz CT molecular complexity index is 1100. The zero-order valence-corrected chi connectivity index (χ0v) is 17.9. The highest BCUT2D eigenvalue weighted by Crippen LogP contribution is 2.36. The Hall–Kier alpha value is -4.32. The van der Waals surface area contributed by atoms with Gasteiger partial charge in [0, 0.05) is 29.2 Å². The Labute approximate surface area is 187 Å². The summed E-state index contributed by atoms with van der Waals surface area (Å²) in [6, 6.07) is 21.9. The molecule has 162 valence electrons. The van der Waals surface area contributed by atoms with E-state index in [0.717, 1.165) is 28.9 Å². The first-order valence-corrected chi connectivity index (χ1v) is 9.87. The number of carbonyl (C=O) groups is 2. The van der Waals surface area contributed by atoms with Gasteiger partial charge in [0.05, 0.1) is 7.11 Å². The quantitative estimate of drug-likeness (QED) is 0.259. The van der Waals surface area contributed by atoms with Gasteiger partial charge in [0.2, 0.25) is 0 Å². The van der Waals surface area contributed by atoms with Gasteiger partial charge < -0.3 is 19.1 Å². The Morgan fingerprint density at radius 3 is 1.50 bits per heavy atom. The first kappa shape index (κ1) is 22.4. The van der Waals surface area contributed by atoms with Crippen LogP contribution in [-0.2, 0) is 9.59 Å². The lowest BCUT2D eigenvalue weighted by Gasteiger charge is -2.26. The van der Waals surface area contributed by atoms with Gasteiger partial charge in [-0.2, -0.15) is 0 Å². The molecule has 0 saturated heterocycles. The molecule has 0 bridgehead atoms. The van der Waals surface area contributed by atoms with Crippen molar-refractivity contribution in [2.45, 2.75) is 6.92 Å². The van der Waals surface area contributed by atoms with Crippen LogP contribution in [0.3, 0.4) is 0 Å². The Morgan fingerprint density at radius 1 is 0.719 bits per heavy atom. The molecule has 0 fully saturated rings. The number of ether oxygens (including phenoxy) is 3. The topological polar surface area (TPSA) is 65.1 Å². The summed E-state index contributed by atoms with van der Waals surface area (Å²) in [7, 11) is 1.61. The molecule has 0 atom stereocenters. The molecule has 0 heterocycles. The molecule has 6 heteroatoms. The van der Waals surface area contributed by atoms with Crippen LogP contribution in [0.5, 0.6) is 17.2 Å². The number of nitrogens with zero attached hydrogens (tertiary/aromatic N) is 1. The molecule has 3 aromatic rings. The van der Waals surface area contributed by atoms with Crippen molar-refractivity contribution >= 4 is 29.0 Å². The number of anilines is 3. The van der Waals surface area contributed by atoms with E-state index in [1.807, 2.05) is 53.4 Å². The van der Waals surface area contributed by atoms with E-state index >= 15 is 0 Å². The second-order valence-corrected chi connectivity index (χ2v) is 6.57. The first-order valence-electron chi connectivity index (χ1n) is 9.87. The van der Waals surface area contributed by atoms with E-state index < -0.39 is 11.9 Å². The van der Waals surface area contributed by atoms with E-state index in [9.17, 15) is 9.59 Å². The third-order valence-electron chi connectivity index (χ3n) is 4.43. The molecule has 0 aliphatic heterocycles. The Kier molecular flexibility index (Phi) is 7.43. The third-order valence-corrected chi connectivity index (χ3v) is 4.43. The molecule has 0 amide bonds. The second-order valence-electron chi connectivity index (χ2n) is 6.57. The Balaban J connectivity index is 1.94. The molecule has 0 spiro atoms. The van der Waals surface area contributed by atoms with Gasteiger partial charge in [-0.1, -0.05) is 12.7 Å². The van der Waals surface area contributed by atoms with Crippen LogP contribution in [0.1, 0.15) is 6.92 Å². The highest BCUT2D eigenvalue weighted by Gasteiger charge is 2.14. The standard InChI is InChI=1S/C26H23NO5/c1-4-6-26(29)32-24-17-11-21(12-18-24)27(19-7-13-22(30-3)14-8-19)20-9-15-23(16-10-20)31-25(28)5-2/h4-18H,2H2,1,3H3/b6-4+. The van der Waals surface area contributed by atoms with Crippen molar-refractivity contribution in [3.05, 3.63) is 97.6 Å². The number of rotatable bonds is 8. The fourth-order valence-electron chi connectivity index (χ4n) is 2.95. The molecule has 0 aliphatic carbocycles. The largest absolute Gasteiger partial charge is 0.497 e. The summed E-state index contributed by atoms with van der Waals surface area (Å²) in [6.07, 6.45) is 4.10. The van der Waals surface area contributed by atoms with Crippen LogP contribution in [-0.4, -0.2) is 19.0 Å². The van der Waals surface area contributed by atoms with Crippen molar-refractivity contribution in [3.63, 3.8) is 0 Å². The van der Waals surface area contributed by atoms with Crippen LogP contribution >= 0.6 is 0 Å². The maximum absolute atomic E-state index is 11.7. The van der Waals surface area contributed by atoms with E-state index in [4.69, 9.17) is 14.2 Å². The summed E-state index contributed by atoms with van der Waals surface area (Å²) >= 11 is 0. The third kappa shape index (κ3) is 5.64. The lowest BCUT2D eigenvalue weighted by atomic mass is 10.2. The zero-order valence-electron chi connectivity index (χ0n) is 17.9. The lowest BCUT2D eigenvalue weighted by molar-refractivity contribution is -0.129. The fourth-order valence-corrected chi connectivity index (χ4v) is 2.95. The smallest absolute Gasteiger partial charge is 0.335 e. The number of hydrogen-bond donors (Lipinski definition) is 0. The van der Waals surface area contributed by atoms with Gasteiger partial charge >= 0.3 is 11.9 Å². The van der Waals surface area contributed by atoms with Crippen molar-refractivity contribution in [2.75, 3.05) is 12.0 Å². The van der Waals surface area contributed by atoms with E-state index in [0.29, 0.717) is 11.5 Å². The summed E-state index contributed by atoms with van der Waals surface area (Å²) in [6.45, 7) is 5.15. The molecular formula is C26H23NO5. The number of carbonyl (C=O) groups excluding carboxylic acids is 2. The number of esters is 2. The predicted octanol–water partition coefficient (Wildman–Crippen LogP) is 5.74. The molecule has 0 radical (unpaired) electrons. The van der Waals surface area contributed by atoms with Crippen LogP contribution in [0.4, 0.5) is 17.1 Å². The average molecular weight is 429 g/mol. The highest BCUT2D eigenvalue weighted by atomic mass is 16.5. The molecule has 3 aromatic carbocycles. The molecule has 0 aliphatic rings. The van der Waals surface area contributed by atoms with Crippen molar-refractivity contribution in [3.8, 4) is 17.2 Å². The van der Waals surface area contributed by atoms with Crippen molar-refractivity contribution < 1.29 is 23.8 Å². The lowest BCUT2D eigenvalue weighted by Crippen LogP contribution is -2.10. The normalized spacial score (nSPS) is 10.4. The number of benzene rings is 3. The average Bonchev–Trinajstić information content (AvgIpc) is 2.82. The molecule has 0 N–H and O–H groups in total. The van der Waals surface area contributed by atoms with Crippen molar-refractivity contribution in [1.29, 1.82) is 0 Å². The summed E-state index contributed by atoms with van der Waals surface area (Å²) in [5, 5.41) is 0. The molecule has 6 nitrogen and oxygen atoms in total. The number of methoxy groups -OCH3 is 1. The fraction of sp³-hybridized carbons (Fsp3) is 0.0769. The van der Waals surface area contributed by atoms with Gasteiger partial charge in [-0.25, -0.2) is 9.59 Å². The van der Waals surface area contributed by atoms with Crippen LogP contribution in [0.15, 0.2) is 97.6 Å². The molecular weight excluding hydrogens is 406 g/mol. The summed E-state index contributed by atoms with van der Waals surface area (Å²) in [5.41, 5.74) is 2.57. The van der Waals surface area contributed by atoms with Crippen LogP contribution in [0.25, 0.3) is 0 Å². The van der Waals surface area contributed by atoms with Gasteiger partial charge in [-0.15, -0.1) is 0 Å². The monoisotopic (exact) mass is 429 g/mol. The summed E-state index contributed by atoms with van der Waals surface area (Å²) in [5.74, 6) is 0.647. The second kappa shape index (κ2) is 10.6. The van der Waals surface area contributed by atoms with Gasteiger partial charge in [0.15, 0.2) is 0 Å². The maximum Gasteiger partial charge on any atom is 0.335 e. The predicted molar refractivity (Wildman–Crippen MR) is 124 cm³/mol. The van der Waals surface area contributed by atoms with Crippen LogP contribution in [0.2, 0.25) is 0 Å². The minimum atomic E-state index is -0.521.